The average molecular weight is 744 g/mol. The molecule has 0 fully saturated rings. The van der Waals surface area contributed by atoms with Crippen molar-refractivity contribution >= 4 is 53.1 Å². The Kier molecular flexibility index (Phi) is 8.01. The molecule has 0 bridgehead atoms. The Morgan fingerprint density at radius 3 is 1.47 bits per heavy atom. The van der Waals surface area contributed by atoms with E-state index >= 15 is 0 Å². The second kappa shape index (κ2) is 13.8. The largest absolute Gasteiger partial charge is 0.208 e. The highest BCUT2D eigenvalue weighted by molar-refractivity contribution is 7.27. The van der Waals surface area contributed by atoms with Crippen LogP contribution in [0.4, 0.5) is 0 Å². The van der Waals surface area contributed by atoms with Crippen molar-refractivity contribution in [2.45, 2.75) is 0 Å². The zero-order valence-electron chi connectivity index (χ0n) is 30.8. The van der Waals surface area contributed by atoms with Crippen molar-refractivity contribution in [1.82, 2.24) is 15.0 Å². The zero-order chi connectivity index (χ0) is 37.7. The minimum atomic E-state index is 0.630. The lowest BCUT2D eigenvalue weighted by Gasteiger charge is -2.13. The van der Waals surface area contributed by atoms with Crippen LogP contribution in [0, 0.1) is 0 Å². The Bertz CT molecular complexity index is 3220. The SMILES string of the molecule is c1ccc(-c2cc(-c3ccccc3)cc(-c3nc(-c4ccccc4)nc(-c4cccc(-c5cccc6c5sc5c6ccc6ccc7ccccc7c65)c4)n3)c2)cc1. The summed E-state index contributed by atoms with van der Waals surface area (Å²) in [5, 5.41) is 7.71. The lowest BCUT2D eigenvalue weighted by atomic mass is 9.96. The summed E-state index contributed by atoms with van der Waals surface area (Å²) in [7, 11) is 0. The number of rotatable bonds is 6. The summed E-state index contributed by atoms with van der Waals surface area (Å²) in [4.78, 5) is 15.5. The highest BCUT2D eigenvalue weighted by Crippen LogP contribution is 2.45. The number of hydrogen-bond donors (Lipinski definition) is 0. The molecule has 0 atom stereocenters. The molecular weight excluding hydrogens is 711 g/mol. The van der Waals surface area contributed by atoms with Gasteiger partial charge in [0.1, 0.15) is 0 Å². The van der Waals surface area contributed by atoms with Crippen molar-refractivity contribution in [2.24, 2.45) is 0 Å². The van der Waals surface area contributed by atoms with E-state index < -0.39 is 0 Å². The van der Waals surface area contributed by atoms with Crippen molar-refractivity contribution in [3.63, 3.8) is 0 Å². The molecule has 0 N–H and O–H groups in total. The van der Waals surface area contributed by atoms with Crippen LogP contribution >= 0.6 is 11.3 Å². The maximum atomic E-state index is 5.24. The normalized spacial score (nSPS) is 11.5. The molecular formula is C53H33N3S. The van der Waals surface area contributed by atoms with E-state index in [9.17, 15) is 0 Å². The van der Waals surface area contributed by atoms with Gasteiger partial charge in [-0.1, -0.05) is 176 Å². The molecule has 11 rings (SSSR count). The molecule has 0 radical (unpaired) electrons. The number of benzene rings is 9. The first-order chi connectivity index (χ1) is 28.2. The maximum Gasteiger partial charge on any atom is 0.164 e. The molecule has 0 aliphatic carbocycles. The van der Waals surface area contributed by atoms with Crippen LogP contribution in [0.5, 0.6) is 0 Å². The summed E-state index contributed by atoms with van der Waals surface area (Å²) in [5.74, 6) is 1.90. The fraction of sp³-hybridized carbons (Fsp3) is 0. The van der Waals surface area contributed by atoms with Crippen LogP contribution < -0.4 is 0 Å². The van der Waals surface area contributed by atoms with Crippen LogP contribution in [-0.4, -0.2) is 15.0 Å². The van der Waals surface area contributed by atoms with E-state index in [4.69, 9.17) is 15.0 Å². The molecule has 9 aromatic carbocycles. The van der Waals surface area contributed by atoms with E-state index in [2.05, 4.69) is 182 Å². The summed E-state index contributed by atoms with van der Waals surface area (Å²) in [6, 6.07) is 70.9. The van der Waals surface area contributed by atoms with Gasteiger partial charge in [-0.3, -0.25) is 0 Å². The third-order valence-electron chi connectivity index (χ3n) is 10.9. The number of hydrogen-bond acceptors (Lipinski definition) is 4. The molecule has 0 aliphatic rings. The second-order valence-electron chi connectivity index (χ2n) is 14.4. The van der Waals surface area contributed by atoms with Gasteiger partial charge in [0.15, 0.2) is 17.5 Å². The molecule has 266 valence electrons. The van der Waals surface area contributed by atoms with E-state index in [0.717, 1.165) is 44.5 Å². The molecule has 0 spiro atoms. The summed E-state index contributed by atoms with van der Waals surface area (Å²) >= 11 is 1.89. The number of thiophene rings is 1. The Hall–Kier alpha value is -7.27. The Morgan fingerprint density at radius 1 is 0.281 bits per heavy atom. The monoisotopic (exact) mass is 743 g/mol. The maximum absolute atomic E-state index is 5.24. The van der Waals surface area contributed by atoms with E-state index in [1.54, 1.807) is 0 Å². The van der Waals surface area contributed by atoms with E-state index in [-0.39, 0.29) is 0 Å². The van der Waals surface area contributed by atoms with Gasteiger partial charge in [0.25, 0.3) is 0 Å². The summed E-state index contributed by atoms with van der Waals surface area (Å²) < 4.78 is 2.60. The van der Waals surface area contributed by atoms with Gasteiger partial charge in [-0.15, -0.1) is 11.3 Å². The van der Waals surface area contributed by atoms with Crippen molar-refractivity contribution in [3.8, 4) is 67.5 Å². The van der Waals surface area contributed by atoms with E-state index in [1.165, 1.54) is 47.3 Å². The van der Waals surface area contributed by atoms with Gasteiger partial charge >= 0.3 is 0 Å². The molecule has 11 aromatic rings. The van der Waals surface area contributed by atoms with Crippen molar-refractivity contribution in [1.29, 1.82) is 0 Å². The average Bonchev–Trinajstić information content (AvgIpc) is 3.69. The number of fused-ring (bicyclic) bond motifs is 7. The Labute approximate surface area is 334 Å². The van der Waals surface area contributed by atoms with E-state index in [0.29, 0.717) is 17.5 Å². The predicted molar refractivity (Wildman–Crippen MR) is 240 cm³/mol. The van der Waals surface area contributed by atoms with Crippen LogP contribution in [0.25, 0.3) is 109 Å². The first kappa shape index (κ1) is 33.1. The van der Waals surface area contributed by atoms with Crippen LogP contribution in [0.3, 0.4) is 0 Å². The molecule has 57 heavy (non-hydrogen) atoms. The van der Waals surface area contributed by atoms with Crippen LogP contribution in [0.2, 0.25) is 0 Å². The molecule has 3 nitrogen and oxygen atoms in total. The summed E-state index contributed by atoms with van der Waals surface area (Å²) in [5.41, 5.74) is 9.62. The molecule has 0 aliphatic heterocycles. The molecule has 0 saturated heterocycles. The predicted octanol–water partition coefficient (Wildman–Crippen LogP) is 14.5. The molecule has 2 heterocycles. The van der Waals surface area contributed by atoms with Gasteiger partial charge in [0, 0.05) is 42.2 Å². The van der Waals surface area contributed by atoms with Crippen molar-refractivity contribution in [3.05, 3.63) is 200 Å². The summed E-state index contributed by atoms with van der Waals surface area (Å²) in [6.07, 6.45) is 0. The molecule has 4 heteroatoms. The fourth-order valence-electron chi connectivity index (χ4n) is 8.10. The van der Waals surface area contributed by atoms with Gasteiger partial charge in [-0.25, -0.2) is 15.0 Å². The van der Waals surface area contributed by atoms with Crippen LogP contribution in [-0.2, 0) is 0 Å². The minimum absolute atomic E-state index is 0.630. The van der Waals surface area contributed by atoms with Gasteiger partial charge in [-0.05, 0) is 73.8 Å². The first-order valence-corrected chi connectivity index (χ1v) is 20.0. The third kappa shape index (κ3) is 5.95. The molecule has 0 unspecified atom stereocenters. The van der Waals surface area contributed by atoms with Crippen molar-refractivity contribution in [2.75, 3.05) is 0 Å². The van der Waals surface area contributed by atoms with Crippen molar-refractivity contribution < 1.29 is 0 Å². The lowest BCUT2D eigenvalue weighted by Crippen LogP contribution is -2.00. The molecule has 0 amide bonds. The van der Waals surface area contributed by atoms with Gasteiger partial charge in [0.2, 0.25) is 0 Å². The number of nitrogens with zero attached hydrogens (tertiary/aromatic N) is 3. The van der Waals surface area contributed by atoms with Crippen LogP contribution in [0.1, 0.15) is 0 Å². The zero-order valence-corrected chi connectivity index (χ0v) is 31.6. The standard InChI is InChI=1S/C53H33N3S/c1-4-14-34(15-5-1)41-31-42(35-16-6-2-7-17-35)33-43(32-41)53-55-51(38-19-8-3-9-20-38)54-52(56-53)40-22-12-21-39(30-40)45-24-13-25-46-47-29-28-37-27-26-36-18-10-11-23-44(36)48(37)50(47)57-49(45)46/h1-33H. The fourth-order valence-corrected chi connectivity index (χ4v) is 9.50. The summed E-state index contributed by atoms with van der Waals surface area (Å²) in [6.45, 7) is 0. The quantitative estimate of drug-likeness (QED) is 0.159. The Morgan fingerprint density at radius 2 is 0.754 bits per heavy atom. The third-order valence-corrected chi connectivity index (χ3v) is 12.1. The van der Waals surface area contributed by atoms with Crippen LogP contribution in [0.15, 0.2) is 200 Å². The smallest absolute Gasteiger partial charge is 0.164 e. The topological polar surface area (TPSA) is 38.7 Å². The second-order valence-corrected chi connectivity index (χ2v) is 15.4. The molecule has 2 aromatic heterocycles. The minimum Gasteiger partial charge on any atom is -0.208 e. The van der Waals surface area contributed by atoms with E-state index in [1.807, 2.05) is 29.5 Å². The highest BCUT2D eigenvalue weighted by Gasteiger charge is 2.18. The first-order valence-electron chi connectivity index (χ1n) is 19.2. The van der Waals surface area contributed by atoms with Gasteiger partial charge in [0.05, 0.1) is 0 Å². The highest BCUT2D eigenvalue weighted by atomic mass is 32.1. The lowest BCUT2D eigenvalue weighted by molar-refractivity contribution is 1.07. The van der Waals surface area contributed by atoms with Gasteiger partial charge < -0.3 is 0 Å². The van der Waals surface area contributed by atoms with Gasteiger partial charge in [-0.2, -0.15) is 0 Å². The number of aromatic nitrogens is 3. The Balaban J connectivity index is 1.09. The molecule has 0 saturated carbocycles.